The highest BCUT2D eigenvalue weighted by Crippen LogP contribution is 2.38. The number of hydrogen-bond donors (Lipinski definition) is 3. The van der Waals surface area contributed by atoms with E-state index in [4.69, 9.17) is 10.5 Å². The van der Waals surface area contributed by atoms with Crippen LogP contribution in [0.15, 0.2) is 36.5 Å². The van der Waals surface area contributed by atoms with Crippen LogP contribution >= 0.6 is 0 Å². The van der Waals surface area contributed by atoms with Gasteiger partial charge >= 0.3 is 0 Å². The van der Waals surface area contributed by atoms with E-state index in [9.17, 15) is 14.4 Å². The number of Topliss-reactive ketones (excluding diaryl/α,β-unsaturated/α-hetero) is 1. The molecule has 1 aliphatic carbocycles. The number of pyridine rings is 1. The highest BCUT2D eigenvalue weighted by molar-refractivity contribution is 6.02. The van der Waals surface area contributed by atoms with E-state index in [0.717, 1.165) is 38.0 Å². The van der Waals surface area contributed by atoms with E-state index in [1.807, 2.05) is 12.1 Å². The number of nitrogens with one attached hydrogen (secondary N) is 2. The molecule has 1 aromatic heterocycles. The Bertz CT molecular complexity index is 1150. The van der Waals surface area contributed by atoms with Crippen LogP contribution in [0, 0.1) is 5.92 Å². The first kappa shape index (κ1) is 25.2. The highest BCUT2D eigenvalue weighted by atomic mass is 16.5. The molecular formula is C28H35N5O4. The van der Waals surface area contributed by atoms with Crippen LogP contribution in [-0.4, -0.2) is 61.0 Å². The number of carbonyl (C=O) groups is 3. The van der Waals surface area contributed by atoms with Crippen molar-refractivity contribution in [2.75, 3.05) is 30.5 Å². The van der Waals surface area contributed by atoms with E-state index >= 15 is 0 Å². The normalized spacial score (nSPS) is 22.5. The number of benzene rings is 1. The molecule has 3 fully saturated rings. The largest absolute Gasteiger partial charge is 0.384 e. The van der Waals surface area contributed by atoms with Crippen molar-refractivity contribution in [2.45, 2.75) is 63.1 Å². The van der Waals surface area contributed by atoms with Crippen LogP contribution in [0.3, 0.4) is 0 Å². The minimum atomic E-state index is -0.504. The number of carbonyl (C=O) groups excluding carboxylic acids is 3. The summed E-state index contributed by atoms with van der Waals surface area (Å²) in [6.07, 6.45) is 8.15. The number of anilines is 2. The Hall–Kier alpha value is -3.46. The maximum absolute atomic E-state index is 13.1. The lowest BCUT2D eigenvalue weighted by Crippen LogP contribution is -2.50. The molecule has 2 saturated heterocycles. The monoisotopic (exact) mass is 505 g/mol. The lowest BCUT2D eigenvalue weighted by molar-refractivity contribution is 0.0920. The third kappa shape index (κ3) is 5.77. The molecule has 3 aliphatic rings. The summed E-state index contributed by atoms with van der Waals surface area (Å²) in [7, 11) is 1.58. The van der Waals surface area contributed by atoms with Crippen LogP contribution in [0.2, 0.25) is 0 Å². The summed E-state index contributed by atoms with van der Waals surface area (Å²) in [4.78, 5) is 44.2. The summed E-state index contributed by atoms with van der Waals surface area (Å²) in [5.41, 5.74) is 7.69. The molecule has 0 spiro atoms. The number of fused-ring (bicyclic) bond motifs is 2. The zero-order valence-electron chi connectivity index (χ0n) is 21.2. The van der Waals surface area contributed by atoms with E-state index in [1.54, 1.807) is 31.5 Å². The van der Waals surface area contributed by atoms with Crippen LogP contribution in [0.1, 0.15) is 76.0 Å². The second kappa shape index (κ2) is 10.9. The standard InChI is InChI=1S/C28H35N5O4/c1-37-11-10-25(34)19-5-9-26(31-16-19)33-21-6-7-22(33)14-20(13-21)32-28(36)18-4-8-23(27(29)35)24(12-18)30-15-17-2-3-17/h4-5,8-9,12,16-17,20-22,30H,2-3,6-7,10-11,13-15H2,1H3,(H2,29,35)(H,32,36)/t20-,21+,22-. The molecule has 1 saturated carbocycles. The molecule has 0 radical (unpaired) electrons. The Morgan fingerprint density at radius 2 is 1.78 bits per heavy atom. The number of amides is 2. The number of nitrogens with zero attached hydrogens (tertiary/aromatic N) is 2. The molecule has 5 rings (SSSR count). The average Bonchev–Trinajstić information content (AvgIpc) is 3.69. The Kier molecular flexibility index (Phi) is 7.41. The molecule has 9 heteroatoms. The number of primary amides is 1. The molecular weight excluding hydrogens is 470 g/mol. The molecule has 2 aliphatic heterocycles. The van der Waals surface area contributed by atoms with Gasteiger partial charge in [0.05, 0.1) is 12.2 Å². The fourth-order valence-corrected chi connectivity index (χ4v) is 5.60. The van der Waals surface area contributed by atoms with Crippen LogP contribution in [0.5, 0.6) is 0 Å². The van der Waals surface area contributed by atoms with E-state index in [-0.39, 0.29) is 17.7 Å². The van der Waals surface area contributed by atoms with Gasteiger partial charge in [-0.2, -0.15) is 0 Å². The number of aromatic nitrogens is 1. The molecule has 3 atom stereocenters. The number of hydrogen-bond acceptors (Lipinski definition) is 7. The molecule has 37 heavy (non-hydrogen) atoms. The molecule has 2 amide bonds. The van der Waals surface area contributed by atoms with Crippen molar-refractivity contribution in [3.8, 4) is 0 Å². The van der Waals surface area contributed by atoms with Gasteiger partial charge < -0.3 is 26.0 Å². The number of nitrogens with two attached hydrogens (primary N) is 1. The van der Waals surface area contributed by atoms with Crippen molar-refractivity contribution < 1.29 is 19.1 Å². The van der Waals surface area contributed by atoms with Gasteiger partial charge in [0, 0.05) is 61.2 Å². The van der Waals surface area contributed by atoms with Gasteiger partial charge in [-0.05, 0) is 74.8 Å². The van der Waals surface area contributed by atoms with E-state index in [0.29, 0.717) is 53.4 Å². The third-order valence-corrected chi connectivity index (χ3v) is 7.76. The Morgan fingerprint density at radius 3 is 2.41 bits per heavy atom. The zero-order valence-corrected chi connectivity index (χ0v) is 21.2. The van der Waals surface area contributed by atoms with Crippen molar-refractivity contribution in [3.63, 3.8) is 0 Å². The Labute approximate surface area is 217 Å². The second-order valence-electron chi connectivity index (χ2n) is 10.5. The van der Waals surface area contributed by atoms with Crippen LogP contribution in [-0.2, 0) is 4.74 Å². The van der Waals surface area contributed by atoms with Gasteiger partial charge in [-0.15, -0.1) is 0 Å². The van der Waals surface area contributed by atoms with Gasteiger partial charge in [-0.25, -0.2) is 4.98 Å². The van der Waals surface area contributed by atoms with Crippen LogP contribution in [0.4, 0.5) is 11.5 Å². The number of methoxy groups -OCH3 is 1. The lowest BCUT2D eigenvalue weighted by atomic mass is 9.96. The maximum Gasteiger partial charge on any atom is 0.251 e. The maximum atomic E-state index is 13.1. The summed E-state index contributed by atoms with van der Waals surface area (Å²) in [5.74, 6) is 0.894. The predicted molar refractivity (Wildman–Crippen MR) is 141 cm³/mol. The fraction of sp³-hybridized carbons (Fsp3) is 0.500. The summed E-state index contributed by atoms with van der Waals surface area (Å²) >= 11 is 0. The molecule has 2 bridgehead atoms. The Morgan fingerprint density at radius 1 is 1.05 bits per heavy atom. The Balaban J connectivity index is 1.21. The van der Waals surface area contributed by atoms with Crippen molar-refractivity contribution >= 4 is 29.1 Å². The molecule has 2 aromatic rings. The van der Waals surface area contributed by atoms with Crippen molar-refractivity contribution in [2.24, 2.45) is 11.7 Å². The average molecular weight is 506 g/mol. The smallest absolute Gasteiger partial charge is 0.251 e. The van der Waals surface area contributed by atoms with Crippen LogP contribution in [0.25, 0.3) is 0 Å². The topological polar surface area (TPSA) is 127 Å². The van der Waals surface area contributed by atoms with Crippen molar-refractivity contribution in [1.29, 1.82) is 0 Å². The molecule has 1 aromatic carbocycles. The summed E-state index contributed by atoms with van der Waals surface area (Å²) < 4.78 is 5.00. The van der Waals surface area contributed by atoms with E-state index in [1.165, 1.54) is 12.8 Å². The highest BCUT2D eigenvalue weighted by Gasteiger charge is 2.41. The second-order valence-corrected chi connectivity index (χ2v) is 10.5. The van der Waals surface area contributed by atoms with Crippen molar-refractivity contribution in [1.82, 2.24) is 10.3 Å². The summed E-state index contributed by atoms with van der Waals surface area (Å²) in [6.45, 7) is 1.18. The first-order chi connectivity index (χ1) is 17.9. The third-order valence-electron chi connectivity index (χ3n) is 7.76. The van der Waals surface area contributed by atoms with Crippen LogP contribution < -0.4 is 21.3 Å². The van der Waals surface area contributed by atoms with Gasteiger partial charge in [0.2, 0.25) is 0 Å². The molecule has 0 unspecified atom stereocenters. The first-order valence-electron chi connectivity index (χ1n) is 13.2. The van der Waals surface area contributed by atoms with Gasteiger partial charge in [0.25, 0.3) is 11.8 Å². The van der Waals surface area contributed by atoms with E-state index in [2.05, 4.69) is 20.5 Å². The summed E-state index contributed by atoms with van der Waals surface area (Å²) in [6, 6.07) is 9.46. The molecule has 196 valence electrons. The molecule has 9 nitrogen and oxygen atoms in total. The quantitative estimate of drug-likeness (QED) is 0.401. The summed E-state index contributed by atoms with van der Waals surface area (Å²) in [5, 5.41) is 6.52. The number of ketones is 1. The number of ether oxygens (including phenoxy) is 1. The predicted octanol–water partition coefficient (Wildman–Crippen LogP) is 3.15. The van der Waals surface area contributed by atoms with Crippen molar-refractivity contribution in [3.05, 3.63) is 53.2 Å². The first-order valence-corrected chi connectivity index (χ1v) is 13.2. The van der Waals surface area contributed by atoms with Gasteiger partial charge in [0.15, 0.2) is 5.78 Å². The SMILES string of the molecule is COCCC(=O)c1ccc(N2[C@@H]3CC[C@H]2C[C@@H](NC(=O)c2ccc(C(N)=O)c(NCC4CC4)c2)C3)nc1. The fourth-order valence-electron chi connectivity index (χ4n) is 5.60. The number of piperidine rings is 1. The lowest BCUT2D eigenvalue weighted by Gasteiger charge is -2.40. The zero-order chi connectivity index (χ0) is 25.9. The minimum absolute atomic E-state index is 0.0278. The van der Waals surface area contributed by atoms with E-state index < -0.39 is 5.91 Å². The minimum Gasteiger partial charge on any atom is -0.384 e. The molecule has 3 heterocycles. The molecule has 4 N–H and O–H groups in total. The van der Waals surface area contributed by atoms with Gasteiger partial charge in [-0.1, -0.05) is 0 Å². The number of rotatable bonds is 11. The van der Waals surface area contributed by atoms with Gasteiger partial charge in [0.1, 0.15) is 5.82 Å². The van der Waals surface area contributed by atoms with Gasteiger partial charge in [-0.3, -0.25) is 14.4 Å².